The average Bonchev–Trinajstić information content (AvgIpc) is 2.35. The molecule has 0 bridgehead atoms. The molecular formula is C7H2I4N2. The first kappa shape index (κ1) is 11.1. The van der Waals surface area contributed by atoms with Gasteiger partial charge >= 0.3 is 0 Å². The summed E-state index contributed by atoms with van der Waals surface area (Å²) in [5, 5.41) is 5.64. The van der Waals surface area contributed by atoms with E-state index in [-0.39, 0.29) is 0 Å². The zero-order valence-electron chi connectivity index (χ0n) is 6.06. The number of nitrogens with zero attached hydrogens (tertiary/aromatic N) is 2. The molecule has 0 radical (unpaired) electrons. The lowest BCUT2D eigenvalue weighted by Gasteiger charge is -1.97. The van der Waals surface area contributed by atoms with Gasteiger partial charge in [0.15, 0.2) is 0 Å². The number of aromatic nitrogens is 2. The van der Waals surface area contributed by atoms with E-state index in [0.717, 1.165) is 3.70 Å². The number of halogens is 4. The van der Waals surface area contributed by atoms with Gasteiger partial charge in [-0.25, -0.2) is 2.90 Å². The van der Waals surface area contributed by atoms with Gasteiger partial charge in [0.2, 0.25) is 0 Å². The Morgan fingerprint density at radius 3 is 2.54 bits per heavy atom. The third-order valence-electron chi connectivity index (χ3n) is 1.65. The van der Waals surface area contributed by atoms with Crippen molar-refractivity contribution in [2.75, 3.05) is 0 Å². The van der Waals surface area contributed by atoms with Crippen molar-refractivity contribution in [3.8, 4) is 0 Å². The van der Waals surface area contributed by atoms with E-state index in [1.807, 2.05) is 2.90 Å². The van der Waals surface area contributed by atoms with Crippen LogP contribution in [0.4, 0.5) is 0 Å². The lowest BCUT2D eigenvalue weighted by Crippen LogP contribution is -1.82. The molecule has 1 aromatic heterocycles. The molecular weight excluding hydrogens is 620 g/mol. The van der Waals surface area contributed by atoms with Crippen LogP contribution < -0.4 is 0 Å². The highest BCUT2D eigenvalue weighted by Crippen LogP contribution is 2.29. The van der Waals surface area contributed by atoms with Crippen LogP contribution >= 0.6 is 90.6 Å². The molecule has 68 valence electrons. The molecule has 0 saturated carbocycles. The average molecular weight is 622 g/mol. The van der Waals surface area contributed by atoms with Crippen LogP contribution in [0.25, 0.3) is 10.9 Å². The molecule has 2 nitrogen and oxygen atoms in total. The van der Waals surface area contributed by atoms with Gasteiger partial charge in [-0.15, -0.1) is 0 Å². The monoisotopic (exact) mass is 622 g/mol. The van der Waals surface area contributed by atoms with E-state index < -0.39 is 0 Å². The normalized spacial score (nSPS) is 11.1. The van der Waals surface area contributed by atoms with Crippen molar-refractivity contribution in [3.05, 3.63) is 23.0 Å². The minimum atomic E-state index is 1.07. The molecule has 0 saturated heterocycles. The lowest BCUT2D eigenvalue weighted by atomic mass is 10.3. The Labute approximate surface area is 130 Å². The fourth-order valence-electron chi connectivity index (χ4n) is 1.07. The Morgan fingerprint density at radius 1 is 1.15 bits per heavy atom. The minimum Gasteiger partial charge on any atom is -0.203 e. The fourth-order valence-corrected chi connectivity index (χ4v) is 4.54. The van der Waals surface area contributed by atoms with E-state index in [1.165, 1.54) is 18.0 Å². The van der Waals surface area contributed by atoms with Crippen LogP contribution in [0.3, 0.4) is 0 Å². The molecule has 13 heavy (non-hydrogen) atoms. The summed E-state index contributed by atoms with van der Waals surface area (Å²) in [4.78, 5) is 0. The van der Waals surface area contributed by atoms with E-state index in [0.29, 0.717) is 0 Å². The van der Waals surface area contributed by atoms with Crippen molar-refractivity contribution in [2.45, 2.75) is 0 Å². The Hall–Kier alpha value is 1.61. The summed E-state index contributed by atoms with van der Waals surface area (Å²) >= 11 is 9.20. The van der Waals surface area contributed by atoms with Crippen LogP contribution in [-0.4, -0.2) is 7.99 Å². The summed E-state index contributed by atoms with van der Waals surface area (Å²) in [5.74, 6) is 0. The van der Waals surface area contributed by atoms with E-state index >= 15 is 0 Å². The van der Waals surface area contributed by atoms with Gasteiger partial charge in [0.1, 0.15) is 3.70 Å². The van der Waals surface area contributed by atoms with Crippen molar-refractivity contribution >= 4 is 102 Å². The molecule has 0 unspecified atom stereocenters. The molecule has 0 aliphatic heterocycles. The summed E-state index contributed by atoms with van der Waals surface area (Å²) < 4.78 is 5.55. The molecule has 0 aliphatic rings. The van der Waals surface area contributed by atoms with E-state index in [9.17, 15) is 0 Å². The molecule has 2 aromatic rings. The van der Waals surface area contributed by atoms with Crippen molar-refractivity contribution < 1.29 is 0 Å². The van der Waals surface area contributed by atoms with Gasteiger partial charge < -0.3 is 0 Å². The summed E-state index contributed by atoms with van der Waals surface area (Å²) in [6, 6.07) is 4.23. The maximum absolute atomic E-state index is 4.37. The molecule has 0 fully saturated rings. The number of rotatable bonds is 0. The van der Waals surface area contributed by atoms with Crippen molar-refractivity contribution in [2.24, 2.45) is 0 Å². The maximum atomic E-state index is 4.37. The molecule has 1 heterocycles. The lowest BCUT2D eigenvalue weighted by molar-refractivity contribution is 1.06. The second-order valence-electron chi connectivity index (χ2n) is 2.41. The zero-order valence-corrected chi connectivity index (χ0v) is 14.7. The van der Waals surface area contributed by atoms with Crippen LogP contribution in [0.5, 0.6) is 0 Å². The van der Waals surface area contributed by atoms with Gasteiger partial charge in [-0.3, -0.25) is 0 Å². The van der Waals surface area contributed by atoms with Gasteiger partial charge in [0.25, 0.3) is 0 Å². The predicted molar refractivity (Wildman–Crippen MR) is 87.3 cm³/mol. The molecule has 1 aromatic carbocycles. The fraction of sp³-hybridized carbons (Fsp3) is 0. The molecule has 0 spiro atoms. The molecule has 0 aliphatic carbocycles. The second-order valence-corrected chi connectivity index (χ2v) is 6.58. The number of benzene rings is 1. The molecule has 0 atom stereocenters. The highest BCUT2D eigenvalue weighted by molar-refractivity contribution is 14.1. The third-order valence-corrected chi connectivity index (χ3v) is 6.20. The van der Waals surface area contributed by atoms with Gasteiger partial charge in [-0.05, 0) is 79.9 Å². The third kappa shape index (κ3) is 1.96. The molecule has 6 heteroatoms. The molecule has 0 amide bonds. The topological polar surface area (TPSA) is 17.8 Å². The van der Waals surface area contributed by atoms with E-state index in [1.54, 1.807) is 0 Å². The zero-order chi connectivity index (χ0) is 9.59. The SMILES string of the molecule is Ic1ccc2c(c(I)nn2I)c1I. The molecule has 0 N–H and O–H groups in total. The second kappa shape index (κ2) is 4.23. The van der Waals surface area contributed by atoms with Crippen molar-refractivity contribution in [1.29, 1.82) is 0 Å². The Kier molecular flexibility index (Phi) is 3.62. The number of hydrogen-bond acceptors (Lipinski definition) is 1. The maximum Gasteiger partial charge on any atom is 0.133 e. The first-order valence-electron chi connectivity index (χ1n) is 3.29. The van der Waals surface area contributed by atoms with Crippen LogP contribution in [0.2, 0.25) is 0 Å². The minimum absolute atomic E-state index is 1.07. The summed E-state index contributed by atoms with van der Waals surface area (Å²) in [6.07, 6.45) is 0. The van der Waals surface area contributed by atoms with Crippen molar-refractivity contribution in [1.82, 2.24) is 7.99 Å². The predicted octanol–water partition coefficient (Wildman–Crippen LogP) is 4.05. The van der Waals surface area contributed by atoms with E-state index in [4.69, 9.17) is 0 Å². The van der Waals surface area contributed by atoms with Gasteiger partial charge in [0, 0.05) is 12.5 Å². The van der Waals surface area contributed by atoms with Gasteiger partial charge in [-0.1, -0.05) is 0 Å². The summed E-state index contributed by atoms with van der Waals surface area (Å²) in [6.45, 7) is 0. The van der Waals surface area contributed by atoms with Crippen molar-refractivity contribution in [3.63, 3.8) is 0 Å². The highest BCUT2D eigenvalue weighted by Gasteiger charge is 2.11. The standard InChI is InChI=1S/C7H2I4N2/c8-3-1-2-4-5(6(3)9)7(10)12-13(4)11/h1-2H. The van der Waals surface area contributed by atoms with Crippen LogP contribution in [0, 0.1) is 10.8 Å². The summed E-state index contributed by atoms with van der Waals surface area (Å²) in [7, 11) is 0. The Morgan fingerprint density at radius 2 is 1.85 bits per heavy atom. The smallest absolute Gasteiger partial charge is 0.133 e. The summed E-state index contributed by atoms with van der Waals surface area (Å²) in [5.41, 5.74) is 1.19. The van der Waals surface area contributed by atoms with Gasteiger partial charge in [0.05, 0.1) is 28.4 Å². The van der Waals surface area contributed by atoms with Crippen LogP contribution in [-0.2, 0) is 0 Å². The quantitative estimate of drug-likeness (QED) is 0.407. The molecule has 2 rings (SSSR count). The van der Waals surface area contributed by atoms with Crippen LogP contribution in [0.1, 0.15) is 0 Å². The van der Waals surface area contributed by atoms with E-state index in [2.05, 4.69) is 108 Å². The largest absolute Gasteiger partial charge is 0.203 e. The Bertz CT molecular complexity index is 477. The number of hydrogen-bond donors (Lipinski definition) is 0. The first-order chi connectivity index (χ1) is 6.11. The van der Waals surface area contributed by atoms with Gasteiger partial charge in [-0.2, -0.15) is 5.10 Å². The first-order valence-corrected chi connectivity index (χ1v) is 7.49. The Balaban J connectivity index is 2.98. The van der Waals surface area contributed by atoms with Crippen LogP contribution in [0.15, 0.2) is 12.1 Å². The number of fused-ring (bicyclic) bond motifs is 1. The highest BCUT2D eigenvalue weighted by atomic mass is 127.